The molecule has 3 heterocycles. The fourth-order valence-electron chi connectivity index (χ4n) is 5.30. The number of ether oxygens (including phenoxy) is 6. The highest BCUT2D eigenvalue weighted by Gasteiger charge is 2.51. The van der Waals surface area contributed by atoms with Gasteiger partial charge in [-0.15, -0.1) is 0 Å². The number of benzene rings is 2. The van der Waals surface area contributed by atoms with Crippen molar-refractivity contribution in [2.75, 3.05) is 20.3 Å². The van der Waals surface area contributed by atoms with Crippen LogP contribution in [0.4, 0.5) is 0 Å². The van der Waals surface area contributed by atoms with Gasteiger partial charge in [-0.2, -0.15) is 0 Å². The van der Waals surface area contributed by atoms with Gasteiger partial charge in [0.05, 0.1) is 13.7 Å². The number of hydrogen-bond acceptors (Lipinski definition) is 18. The van der Waals surface area contributed by atoms with Crippen LogP contribution in [0, 0.1) is 0 Å². The Hall–Kier alpha value is -4.24. The second kappa shape index (κ2) is 14.1. The molecule has 5 rings (SSSR count). The summed E-state index contributed by atoms with van der Waals surface area (Å²) in [5, 5.41) is 94.2. The molecule has 9 N–H and O–H groups in total. The van der Waals surface area contributed by atoms with E-state index in [1.54, 1.807) is 0 Å². The van der Waals surface area contributed by atoms with Gasteiger partial charge in [0, 0.05) is 24.6 Å². The molecule has 0 saturated carbocycles. The summed E-state index contributed by atoms with van der Waals surface area (Å²) in [6.07, 6.45) is -17.8. The number of carbonyl (C=O) groups excluding carboxylic acids is 1. The number of methoxy groups -OCH3 is 1. The van der Waals surface area contributed by atoms with Gasteiger partial charge in [0.2, 0.25) is 12.0 Å². The quantitative estimate of drug-likeness (QED) is 0.0885. The summed E-state index contributed by atoms with van der Waals surface area (Å²) in [6, 6.07) is 5.91. The molecule has 48 heavy (non-hydrogen) atoms. The van der Waals surface area contributed by atoms with Crippen molar-refractivity contribution in [2.45, 2.75) is 68.3 Å². The maximum Gasteiger partial charge on any atom is 0.302 e. The van der Waals surface area contributed by atoms with Crippen LogP contribution in [0.2, 0.25) is 0 Å². The predicted molar refractivity (Wildman–Crippen MR) is 156 cm³/mol. The van der Waals surface area contributed by atoms with Crippen molar-refractivity contribution in [3.8, 4) is 40.1 Å². The number of hydrogen-bond donors (Lipinski definition) is 9. The van der Waals surface area contributed by atoms with E-state index in [2.05, 4.69) is 0 Å². The molecule has 2 fully saturated rings. The molecule has 0 amide bonds. The molecule has 0 aliphatic carbocycles. The Labute approximate surface area is 270 Å². The lowest BCUT2D eigenvalue weighted by Crippen LogP contribution is -2.65. The number of esters is 1. The van der Waals surface area contributed by atoms with Crippen LogP contribution >= 0.6 is 0 Å². The Kier molecular flexibility index (Phi) is 10.3. The summed E-state index contributed by atoms with van der Waals surface area (Å²) in [7, 11) is 1.34. The van der Waals surface area contributed by atoms with E-state index in [9.17, 15) is 55.5 Å². The third-order valence-corrected chi connectivity index (χ3v) is 7.86. The average molecular weight is 683 g/mol. The van der Waals surface area contributed by atoms with E-state index in [1.165, 1.54) is 25.3 Å². The largest absolute Gasteiger partial charge is 0.507 e. The van der Waals surface area contributed by atoms with Gasteiger partial charge in [-0.3, -0.25) is 9.59 Å². The molecule has 2 saturated heterocycles. The molecule has 0 radical (unpaired) electrons. The normalized spacial score (nSPS) is 30.6. The van der Waals surface area contributed by atoms with Crippen molar-refractivity contribution in [3.05, 3.63) is 40.6 Å². The van der Waals surface area contributed by atoms with Crippen molar-refractivity contribution in [1.82, 2.24) is 0 Å². The Morgan fingerprint density at radius 1 is 0.833 bits per heavy atom. The Balaban J connectivity index is 1.49. The topological polar surface area (TPSA) is 285 Å². The minimum absolute atomic E-state index is 0.132. The first kappa shape index (κ1) is 35.1. The van der Waals surface area contributed by atoms with Crippen molar-refractivity contribution in [2.24, 2.45) is 0 Å². The molecule has 18 heteroatoms. The third-order valence-electron chi connectivity index (χ3n) is 7.86. The van der Waals surface area contributed by atoms with Gasteiger partial charge in [-0.1, -0.05) is 0 Å². The number of carbonyl (C=O) groups is 1. The van der Waals surface area contributed by atoms with Gasteiger partial charge in [-0.25, -0.2) is 0 Å². The van der Waals surface area contributed by atoms with E-state index in [4.69, 9.17) is 32.8 Å². The van der Waals surface area contributed by atoms with E-state index in [0.717, 1.165) is 19.1 Å². The second-order valence-corrected chi connectivity index (χ2v) is 11.1. The summed E-state index contributed by atoms with van der Waals surface area (Å²) < 4.78 is 38.0. The van der Waals surface area contributed by atoms with Crippen LogP contribution in [0.1, 0.15) is 6.92 Å². The Morgan fingerprint density at radius 2 is 1.52 bits per heavy atom. The number of aliphatic hydroxyl groups is 6. The molecule has 2 aliphatic heterocycles. The SMILES string of the molecule is COc1ccc(-c2cc(=O)c3c(O)cc(OC4OC(CO)C(O)C(O)C4OC4OC(COC(C)=O)C(O)C(O)C4O)c(O)c3o2)cc1O. The zero-order valence-electron chi connectivity index (χ0n) is 25.3. The number of rotatable bonds is 9. The Bertz CT molecular complexity index is 1690. The van der Waals surface area contributed by atoms with E-state index in [-0.39, 0.29) is 22.8 Å². The van der Waals surface area contributed by atoms with Gasteiger partial charge in [0.25, 0.3) is 0 Å². The molecule has 10 unspecified atom stereocenters. The maximum absolute atomic E-state index is 13.0. The van der Waals surface area contributed by atoms with E-state index < -0.39 is 114 Å². The highest BCUT2D eigenvalue weighted by molar-refractivity contribution is 5.91. The lowest BCUT2D eigenvalue weighted by molar-refractivity contribution is -0.358. The van der Waals surface area contributed by atoms with Crippen molar-refractivity contribution in [1.29, 1.82) is 0 Å². The Morgan fingerprint density at radius 3 is 2.17 bits per heavy atom. The first-order valence-electron chi connectivity index (χ1n) is 14.4. The fourth-order valence-corrected chi connectivity index (χ4v) is 5.30. The van der Waals surface area contributed by atoms with Gasteiger partial charge in [0.1, 0.15) is 66.2 Å². The fraction of sp³-hybridized carbons (Fsp3) is 0.467. The zero-order chi connectivity index (χ0) is 35.0. The van der Waals surface area contributed by atoms with Gasteiger partial charge < -0.3 is 78.8 Å². The number of phenolic OH excluding ortho intramolecular Hbond substituents is 3. The van der Waals surface area contributed by atoms with Gasteiger partial charge in [-0.05, 0) is 18.2 Å². The zero-order valence-corrected chi connectivity index (χ0v) is 25.3. The minimum Gasteiger partial charge on any atom is -0.507 e. The summed E-state index contributed by atoms with van der Waals surface area (Å²) >= 11 is 0. The van der Waals surface area contributed by atoms with Crippen molar-refractivity contribution in [3.63, 3.8) is 0 Å². The van der Waals surface area contributed by atoms with Crippen LogP contribution in [0.15, 0.2) is 39.5 Å². The van der Waals surface area contributed by atoms with Crippen LogP contribution < -0.4 is 14.9 Å². The number of aliphatic hydroxyl groups excluding tert-OH is 6. The van der Waals surface area contributed by atoms with Crippen LogP contribution in [0.3, 0.4) is 0 Å². The van der Waals surface area contributed by atoms with Crippen molar-refractivity contribution >= 4 is 16.9 Å². The van der Waals surface area contributed by atoms with Crippen LogP contribution in [-0.2, 0) is 23.7 Å². The minimum atomic E-state index is -1.96. The summed E-state index contributed by atoms with van der Waals surface area (Å²) in [4.78, 5) is 24.3. The molecular formula is C30H34O18. The monoisotopic (exact) mass is 682 g/mol. The molecule has 3 aromatic rings. The maximum atomic E-state index is 13.0. The summed E-state index contributed by atoms with van der Waals surface area (Å²) in [6.45, 7) is -0.321. The molecule has 0 bridgehead atoms. The number of fused-ring (bicyclic) bond motifs is 1. The van der Waals surface area contributed by atoms with E-state index in [0.29, 0.717) is 0 Å². The number of aromatic hydroxyl groups is 3. The lowest BCUT2D eigenvalue weighted by atomic mass is 9.97. The smallest absolute Gasteiger partial charge is 0.302 e. The highest BCUT2D eigenvalue weighted by atomic mass is 16.8. The lowest BCUT2D eigenvalue weighted by Gasteiger charge is -2.45. The molecule has 2 aliphatic rings. The first-order valence-corrected chi connectivity index (χ1v) is 14.4. The average Bonchev–Trinajstić information content (AvgIpc) is 3.05. The molecule has 0 spiro atoms. The summed E-state index contributed by atoms with van der Waals surface area (Å²) in [5.74, 6) is -3.21. The summed E-state index contributed by atoms with van der Waals surface area (Å²) in [5.41, 5.74) is -1.16. The molecular weight excluding hydrogens is 648 g/mol. The van der Waals surface area contributed by atoms with Crippen LogP contribution in [0.5, 0.6) is 28.7 Å². The third kappa shape index (κ3) is 6.70. The van der Waals surface area contributed by atoms with E-state index >= 15 is 0 Å². The molecule has 2 aromatic carbocycles. The molecule has 10 atom stereocenters. The number of phenols is 3. The highest BCUT2D eigenvalue weighted by Crippen LogP contribution is 2.42. The van der Waals surface area contributed by atoms with Gasteiger partial charge in [0.15, 0.2) is 40.7 Å². The molecule has 1 aromatic heterocycles. The first-order chi connectivity index (χ1) is 22.7. The van der Waals surface area contributed by atoms with Gasteiger partial charge >= 0.3 is 5.97 Å². The van der Waals surface area contributed by atoms with E-state index in [1.807, 2.05) is 0 Å². The molecule has 18 nitrogen and oxygen atoms in total. The predicted octanol–water partition coefficient (Wildman–Crippen LogP) is -1.84. The van der Waals surface area contributed by atoms with Crippen molar-refractivity contribution < 1.29 is 83.6 Å². The van der Waals surface area contributed by atoms with Crippen LogP contribution in [0.25, 0.3) is 22.3 Å². The standard InChI is InChI=1S/C30H34O18/c1-10(32)43-9-19-22(37)24(39)26(41)29(47-19)48-28-25(40)21(36)18(8-31)46-30(28)45-17-7-14(35)20-13(34)6-16(44-27(20)23(17)38)11-3-4-15(42-2)12(33)5-11/h3-7,18-19,21-22,24-26,28-31,33,35-41H,8-9H2,1-2H3. The second-order valence-electron chi connectivity index (χ2n) is 11.1. The molecule has 262 valence electrons. The van der Waals surface area contributed by atoms with Crippen LogP contribution in [-0.4, -0.2) is 134 Å².